The molecule has 0 radical (unpaired) electrons. The number of rotatable bonds is 3. The number of likely N-dealkylation sites (N-methyl/N-ethyl adjacent to an activating group) is 1. The van der Waals surface area contributed by atoms with Crippen LogP contribution in [0, 0.1) is 10.1 Å². The maximum atomic E-state index is 12.1. The molecule has 7 nitrogen and oxygen atoms in total. The maximum Gasteiger partial charge on any atom is 0.269 e. The second-order valence-electron chi connectivity index (χ2n) is 5.13. The summed E-state index contributed by atoms with van der Waals surface area (Å²) in [7, 11) is 2.05. The molecule has 0 spiro atoms. The van der Waals surface area contributed by atoms with Crippen molar-refractivity contribution >= 4 is 40.5 Å². The van der Waals surface area contributed by atoms with Crippen molar-refractivity contribution in [3.63, 3.8) is 0 Å². The van der Waals surface area contributed by atoms with Crippen LogP contribution < -0.4 is 5.32 Å². The SMILES string of the molecule is CN1CCc2nc(NC(=O)c3ccc([N+](=O)[O-])cc3)sc2C1.Cl. The summed E-state index contributed by atoms with van der Waals surface area (Å²) < 4.78 is 0. The Labute approximate surface area is 142 Å². The molecule has 0 unspecified atom stereocenters. The third-order valence-corrected chi connectivity index (χ3v) is 4.48. The van der Waals surface area contributed by atoms with Crippen molar-refractivity contribution in [1.29, 1.82) is 0 Å². The van der Waals surface area contributed by atoms with E-state index in [-0.39, 0.29) is 24.0 Å². The highest BCUT2D eigenvalue weighted by atomic mass is 35.5. The number of nitro benzene ring substituents is 1. The monoisotopic (exact) mass is 354 g/mol. The number of carbonyl (C=O) groups excluding carboxylic acids is 1. The third kappa shape index (κ3) is 3.84. The Bertz CT molecular complexity index is 732. The Morgan fingerprint density at radius 1 is 1.39 bits per heavy atom. The normalized spacial score (nSPS) is 13.8. The van der Waals surface area contributed by atoms with E-state index >= 15 is 0 Å². The summed E-state index contributed by atoms with van der Waals surface area (Å²) in [6.45, 7) is 1.81. The molecule has 1 aromatic heterocycles. The molecule has 1 aromatic carbocycles. The van der Waals surface area contributed by atoms with Crippen molar-refractivity contribution in [2.75, 3.05) is 18.9 Å². The molecule has 0 fully saturated rings. The van der Waals surface area contributed by atoms with Crippen molar-refractivity contribution < 1.29 is 9.72 Å². The van der Waals surface area contributed by atoms with Gasteiger partial charge in [0.05, 0.1) is 10.6 Å². The molecular formula is C14H15ClN4O3S. The molecule has 0 saturated heterocycles. The quantitative estimate of drug-likeness (QED) is 0.676. The van der Waals surface area contributed by atoms with Gasteiger partial charge >= 0.3 is 0 Å². The summed E-state index contributed by atoms with van der Waals surface area (Å²) in [5.41, 5.74) is 1.38. The lowest BCUT2D eigenvalue weighted by molar-refractivity contribution is -0.384. The maximum absolute atomic E-state index is 12.1. The van der Waals surface area contributed by atoms with E-state index in [9.17, 15) is 14.9 Å². The lowest BCUT2D eigenvalue weighted by atomic mass is 10.2. The first-order chi connectivity index (χ1) is 10.5. The highest BCUT2D eigenvalue weighted by Gasteiger charge is 2.19. The van der Waals surface area contributed by atoms with Gasteiger partial charge in [-0.25, -0.2) is 4.98 Å². The predicted octanol–water partition coefficient (Wildman–Crippen LogP) is 2.71. The number of non-ortho nitro benzene ring substituents is 1. The van der Waals surface area contributed by atoms with E-state index in [2.05, 4.69) is 22.2 Å². The minimum atomic E-state index is -0.493. The zero-order valence-electron chi connectivity index (χ0n) is 12.3. The van der Waals surface area contributed by atoms with Crippen LogP contribution in [0.4, 0.5) is 10.8 Å². The van der Waals surface area contributed by atoms with Crippen LogP contribution in [0.15, 0.2) is 24.3 Å². The summed E-state index contributed by atoms with van der Waals surface area (Å²) in [4.78, 5) is 30.1. The van der Waals surface area contributed by atoms with Crippen molar-refractivity contribution in [1.82, 2.24) is 9.88 Å². The van der Waals surface area contributed by atoms with Gasteiger partial charge in [0.25, 0.3) is 11.6 Å². The molecule has 0 bridgehead atoms. The Hall–Kier alpha value is -2.03. The number of nitrogens with zero attached hydrogens (tertiary/aromatic N) is 3. The van der Waals surface area contributed by atoms with Gasteiger partial charge in [-0.3, -0.25) is 20.2 Å². The summed E-state index contributed by atoms with van der Waals surface area (Å²) in [6, 6.07) is 5.51. The van der Waals surface area contributed by atoms with E-state index in [1.54, 1.807) is 0 Å². The molecule has 0 aliphatic carbocycles. The molecule has 1 aliphatic heterocycles. The number of nitrogens with one attached hydrogen (secondary N) is 1. The number of amides is 1. The van der Waals surface area contributed by atoms with Crippen LogP contribution in [-0.2, 0) is 13.0 Å². The molecule has 23 heavy (non-hydrogen) atoms. The first-order valence-corrected chi connectivity index (χ1v) is 7.57. The molecule has 1 N–H and O–H groups in total. The molecule has 122 valence electrons. The third-order valence-electron chi connectivity index (χ3n) is 3.48. The van der Waals surface area contributed by atoms with E-state index in [4.69, 9.17) is 0 Å². The zero-order valence-corrected chi connectivity index (χ0v) is 13.9. The van der Waals surface area contributed by atoms with Gasteiger partial charge in [0, 0.05) is 42.1 Å². The van der Waals surface area contributed by atoms with Crippen LogP contribution in [0.5, 0.6) is 0 Å². The van der Waals surface area contributed by atoms with Crippen LogP contribution in [0.2, 0.25) is 0 Å². The molecule has 0 atom stereocenters. The number of aromatic nitrogens is 1. The fraction of sp³-hybridized carbons (Fsp3) is 0.286. The Kier molecular flexibility index (Phi) is 5.30. The molecule has 9 heteroatoms. The number of benzene rings is 1. The van der Waals surface area contributed by atoms with Crippen molar-refractivity contribution in [3.8, 4) is 0 Å². The van der Waals surface area contributed by atoms with Gasteiger partial charge in [0.1, 0.15) is 0 Å². The lowest BCUT2D eigenvalue weighted by Crippen LogP contribution is -2.25. The molecule has 2 aromatic rings. The number of fused-ring (bicyclic) bond motifs is 1. The van der Waals surface area contributed by atoms with Gasteiger partial charge in [-0.15, -0.1) is 23.7 Å². The molecular weight excluding hydrogens is 340 g/mol. The van der Waals surface area contributed by atoms with E-state index < -0.39 is 4.92 Å². The fourth-order valence-corrected chi connectivity index (χ4v) is 3.36. The van der Waals surface area contributed by atoms with Crippen LogP contribution in [0.1, 0.15) is 20.9 Å². The summed E-state index contributed by atoms with van der Waals surface area (Å²) in [6.07, 6.45) is 0.885. The molecule has 1 aliphatic rings. The van der Waals surface area contributed by atoms with Crippen molar-refractivity contribution in [2.24, 2.45) is 0 Å². The summed E-state index contributed by atoms with van der Waals surface area (Å²) >= 11 is 1.48. The Morgan fingerprint density at radius 2 is 2.09 bits per heavy atom. The largest absolute Gasteiger partial charge is 0.301 e. The zero-order chi connectivity index (χ0) is 15.7. The minimum Gasteiger partial charge on any atom is -0.301 e. The van der Waals surface area contributed by atoms with E-state index in [0.29, 0.717) is 10.7 Å². The summed E-state index contributed by atoms with van der Waals surface area (Å²) in [5.74, 6) is -0.311. The highest BCUT2D eigenvalue weighted by molar-refractivity contribution is 7.15. The van der Waals surface area contributed by atoms with Crippen molar-refractivity contribution in [3.05, 3.63) is 50.5 Å². The van der Waals surface area contributed by atoms with E-state index in [0.717, 1.165) is 25.2 Å². The second-order valence-corrected chi connectivity index (χ2v) is 6.22. The van der Waals surface area contributed by atoms with Crippen LogP contribution in [0.25, 0.3) is 0 Å². The predicted molar refractivity (Wildman–Crippen MR) is 90.4 cm³/mol. The number of nitro groups is 1. The standard InChI is InChI=1S/C14H14N4O3S.ClH/c1-17-7-6-11-12(8-17)22-14(15-11)16-13(19)9-2-4-10(5-3-9)18(20)21;/h2-5H,6-8H2,1H3,(H,15,16,19);1H. The first-order valence-electron chi connectivity index (χ1n) is 6.76. The smallest absolute Gasteiger partial charge is 0.269 e. The van der Waals surface area contributed by atoms with Crippen LogP contribution in [0.3, 0.4) is 0 Å². The van der Waals surface area contributed by atoms with Gasteiger partial charge in [0.15, 0.2) is 5.13 Å². The average molecular weight is 355 g/mol. The number of carbonyl (C=O) groups is 1. The first kappa shape index (κ1) is 17.3. The number of anilines is 1. The van der Waals surface area contributed by atoms with Gasteiger partial charge in [-0.2, -0.15) is 0 Å². The van der Waals surface area contributed by atoms with Gasteiger partial charge in [-0.1, -0.05) is 0 Å². The van der Waals surface area contributed by atoms with Gasteiger partial charge < -0.3 is 4.90 Å². The van der Waals surface area contributed by atoms with E-state index in [1.165, 1.54) is 40.5 Å². The molecule has 2 heterocycles. The number of hydrogen-bond acceptors (Lipinski definition) is 6. The molecule has 3 rings (SSSR count). The number of halogens is 1. The number of hydrogen-bond donors (Lipinski definition) is 1. The van der Waals surface area contributed by atoms with Gasteiger partial charge in [0.2, 0.25) is 0 Å². The number of thiazole rings is 1. The van der Waals surface area contributed by atoms with Crippen molar-refractivity contribution in [2.45, 2.75) is 13.0 Å². The summed E-state index contributed by atoms with van der Waals surface area (Å²) in [5, 5.41) is 13.9. The van der Waals surface area contributed by atoms with E-state index in [1.807, 2.05) is 0 Å². The Morgan fingerprint density at radius 3 is 2.74 bits per heavy atom. The topological polar surface area (TPSA) is 88.4 Å². The highest BCUT2D eigenvalue weighted by Crippen LogP contribution is 2.28. The lowest BCUT2D eigenvalue weighted by Gasteiger charge is -2.20. The van der Waals surface area contributed by atoms with Gasteiger partial charge in [-0.05, 0) is 19.2 Å². The molecule has 0 saturated carbocycles. The Balaban J connectivity index is 0.00000192. The average Bonchev–Trinajstić information content (AvgIpc) is 2.88. The van der Waals surface area contributed by atoms with Crippen LogP contribution in [-0.4, -0.2) is 34.3 Å². The molecule has 1 amide bonds. The fourth-order valence-electron chi connectivity index (χ4n) is 2.28. The minimum absolute atomic E-state index is 0. The second kappa shape index (κ2) is 7.03. The van der Waals surface area contributed by atoms with Crippen LogP contribution >= 0.6 is 23.7 Å².